The van der Waals surface area contributed by atoms with Gasteiger partial charge in [-0.1, -0.05) is 6.07 Å². The molecule has 1 aliphatic rings. The lowest BCUT2D eigenvalue weighted by molar-refractivity contribution is 0.344. The second-order valence-corrected chi connectivity index (χ2v) is 7.43. The van der Waals surface area contributed by atoms with E-state index in [2.05, 4.69) is 9.62 Å². The van der Waals surface area contributed by atoms with Gasteiger partial charge in [-0.2, -0.15) is 0 Å². The van der Waals surface area contributed by atoms with E-state index in [4.69, 9.17) is 5.73 Å². The van der Waals surface area contributed by atoms with Gasteiger partial charge in [-0.3, -0.25) is 0 Å². The zero-order valence-corrected chi connectivity index (χ0v) is 13.7. The predicted molar refractivity (Wildman–Crippen MR) is 84.7 cm³/mol. The molecular formula is C15H25N3O2S. The van der Waals surface area contributed by atoms with Gasteiger partial charge in [-0.05, 0) is 62.5 Å². The average molecular weight is 311 g/mol. The van der Waals surface area contributed by atoms with E-state index in [9.17, 15) is 8.42 Å². The number of nitrogens with one attached hydrogen (secondary N) is 1. The van der Waals surface area contributed by atoms with E-state index in [1.807, 2.05) is 19.9 Å². The molecule has 2 rings (SSSR count). The minimum atomic E-state index is -3.46. The minimum Gasteiger partial charge on any atom is -0.326 e. The minimum absolute atomic E-state index is 0.343. The van der Waals surface area contributed by atoms with Crippen molar-refractivity contribution in [1.82, 2.24) is 9.62 Å². The number of hydrogen-bond donors (Lipinski definition) is 2. The largest absolute Gasteiger partial charge is 0.326 e. The summed E-state index contributed by atoms with van der Waals surface area (Å²) in [5.74, 6) is 0. The van der Waals surface area contributed by atoms with Crippen LogP contribution in [-0.4, -0.2) is 39.5 Å². The topological polar surface area (TPSA) is 75.4 Å². The number of likely N-dealkylation sites (tertiary alicyclic amines) is 1. The van der Waals surface area contributed by atoms with Crippen LogP contribution in [0.5, 0.6) is 0 Å². The number of nitrogens with two attached hydrogens (primary N) is 1. The third-order valence-electron chi connectivity index (χ3n) is 4.06. The van der Waals surface area contributed by atoms with Gasteiger partial charge in [0.1, 0.15) is 0 Å². The van der Waals surface area contributed by atoms with Crippen LogP contribution in [0.4, 0.5) is 0 Å². The standard InChI is InChI=1S/C15H25N3O2S/c1-12-9-13(2)15(10-14(12)11-16)21(19,20)17-5-8-18-6-3-4-7-18/h9-10,17H,3-8,11,16H2,1-2H3. The van der Waals surface area contributed by atoms with Crippen LogP contribution in [0.3, 0.4) is 0 Å². The lowest BCUT2D eigenvalue weighted by atomic mass is 10.1. The molecule has 0 bridgehead atoms. The number of sulfonamides is 1. The number of rotatable bonds is 6. The van der Waals surface area contributed by atoms with E-state index >= 15 is 0 Å². The summed E-state index contributed by atoms with van der Waals surface area (Å²) >= 11 is 0. The maximum absolute atomic E-state index is 12.4. The zero-order valence-electron chi connectivity index (χ0n) is 12.9. The molecule has 6 heteroatoms. The van der Waals surface area contributed by atoms with Gasteiger partial charge in [0.2, 0.25) is 10.0 Å². The molecule has 5 nitrogen and oxygen atoms in total. The average Bonchev–Trinajstić information content (AvgIpc) is 2.91. The normalized spacial score (nSPS) is 16.5. The molecule has 0 saturated carbocycles. The Labute approximate surface area is 127 Å². The zero-order chi connectivity index (χ0) is 15.5. The highest BCUT2D eigenvalue weighted by molar-refractivity contribution is 7.89. The summed E-state index contributed by atoms with van der Waals surface area (Å²) in [6.07, 6.45) is 2.42. The summed E-state index contributed by atoms with van der Waals surface area (Å²) in [4.78, 5) is 2.63. The summed E-state index contributed by atoms with van der Waals surface area (Å²) in [5, 5.41) is 0. The van der Waals surface area contributed by atoms with E-state index in [-0.39, 0.29) is 0 Å². The molecule has 0 aromatic heterocycles. The van der Waals surface area contributed by atoms with E-state index in [1.54, 1.807) is 6.07 Å². The second kappa shape index (κ2) is 6.87. The number of aryl methyl sites for hydroxylation is 2. The van der Waals surface area contributed by atoms with Crippen molar-refractivity contribution < 1.29 is 8.42 Å². The third kappa shape index (κ3) is 4.03. The van der Waals surface area contributed by atoms with Crippen molar-refractivity contribution in [1.29, 1.82) is 0 Å². The van der Waals surface area contributed by atoms with Crippen molar-refractivity contribution in [2.75, 3.05) is 26.2 Å². The van der Waals surface area contributed by atoms with Crippen molar-refractivity contribution >= 4 is 10.0 Å². The Kier molecular flexibility index (Phi) is 5.37. The SMILES string of the molecule is Cc1cc(C)c(S(=O)(=O)NCCN2CCCC2)cc1CN. The van der Waals surface area contributed by atoms with Gasteiger partial charge in [-0.15, -0.1) is 0 Å². The lowest BCUT2D eigenvalue weighted by Gasteiger charge is -2.16. The lowest BCUT2D eigenvalue weighted by Crippen LogP contribution is -2.33. The maximum Gasteiger partial charge on any atom is 0.240 e. The van der Waals surface area contributed by atoms with Crippen LogP contribution >= 0.6 is 0 Å². The van der Waals surface area contributed by atoms with Gasteiger partial charge in [0.25, 0.3) is 0 Å². The molecule has 1 aliphatic heterocycles. The predicted octanol–water partition coefficient (Wildman–Crippen LogP) is 1.14. The first kappa shape index (κ1) is 16.4. The smallest absolute Gasteiger partial charge is 0.240 e. The fraction of sp³-hybridized carbons (Fsp3) is 0.600. The van der Waals surface area contributed by atoms with Gasteiger partial charge in [-0.25, -0.2) is 13.1 Å². The van der Waals surface area contributed by atoms with Crippen molar-refractivity contribution in [3.05, 3.63) is 28.8 Å². The van der Waals surface area contributed by atoms with Crippen LogP contribution in [0.1, 0.15) is 29.5 Å². The molecule has 0 radical (unpaired) electrons. The Balaban J connectivity index is 2.07. The quantitative estimate of drug-likeness (QED) is 0.826. The molecule has 0 aliphatic carbocycles. The molecule has 1 aromatic carbocycles. The fourth-order valence-corrected chi connectivity index (χ4v) is 4.10. The number of nitrogens with zero attached hydrogens (tertiary/aromatic N) is 1. The molecular weight excluding hydrogens is 286 g/mol. The molecule has 1 heterocycles. The molecule has 0 atom stereocenters. The maximum atomic E-state index is 12.4. The van der Waals surface area contributed by atoms with Crippen LogP contribution in [0.25, 0.3) is 0 Å². The van der Waals surface area contributed by atoms with Gasteiger partial charge in [0.05, 0.1) is 4.90 Å². The molecule has 0 unspecified atom stereocenters. The van der Waals surface area contributed by atoms with Crippen LogP contribution in [0, 0.1) is 13.8 Å². The Morgan fingerprint density at radius 2 is 1.86 bits per heavy atom. The molecule has 1 fully saturated rings. The van der Waals surface area contributed by atoms with Gasteiger partial charge >= 0.3 is 0 Å². The molecule has 0 amide bonds. The Morgan fingerprint density at radius 3 is 2.48 bits per heavy atom. The summed E-state index contributed by atoms with van der Waals surface area (Å²) in [7, 11) is -3.46. The first-order chi connectivity index (χ1) is 9.94. The highest BCUT2D eigenvalue weighted by Crippen LogP contribution is 2.20. The summed E-state index contributed by atoms with van der Waals surface area (Å²) in [5.41, 5.74) is 8.35. The van der Waals surface area contributed by atoms with Crippen molar-refractivity contribution in [3.63, 3.8) is 0 Å². The Hall–Kier alpha value is -0.950. The number of benzene rings is 1. The van der Waals surface area contributed by atoms with E-state index in [1.165, 1.54) is 12.8 Å². The van der Waals surface area contributed by atoms with Crippen LogP contribution in [-0.2, 0) is 16.6 Å². The van der Waals surface area contributed by atoms with Crippen molar-refractivity contribution in [3.8, 4) is 0 Å². The van der Waals surface area contributed by atoms with Gasteiger partial charge < -0.3 is 10.6 Å². The molecule has 21 heavy (non-hydrogen) atoms. The van der Waals surface area contributed by atoms with Crippen LogP contribution in [0.2, 0.25) is 0 Å². The Bertz CT molecular complexity index is 593. The van der Waals surface area contributed by atoms with Gasteiger partial charge in [0, 0.05) is 19.6 Å². The molecule has 3 N–H and O–H groups in total. The van der Waals surface area contributed by atoms with Crippen molar-refractivity contribution in [2.45, 2.75) is 38.1 Å². The Morgan fingerprint density at radius 1 is 1.19 bits per heavy atom. The third-order valence-corrected chi connectivity index (χ3v) is 5.66. The summed E-state index contributed by atoms with van der Waals surface area (Å²) in [6, 6.07) is 3.58. The van der Waals surface area contributed by atoms with Gasteiger partial charge in [0.15, 0.2) is 0 Å². The van der Waals surface area contributed by atoms with E-state index in [0.717, 1.165) is 36.3 Å². The summed E-state index contributed by atoms with van der Waals surface area (Å²) in [6.45, 7) is 7.49. The first-order valence-corrected chi connectivity index (χ1v) is 8.94. The molecule has 0 spiro atoms. The van der Waals surface area contributed by atoms with Crippen LogP contribution in [0.15, 0.2) is 17.0 Å². The fourth-order valence-electron chi connectivity index (χ4n) is 2.81. The monoisotopic (exact) mass is 311 g/mol. The first-order valence-electron chi connectivity index (χ1n) is 7.46. The second-order valence-electron chi connectivity index (χ2n) is 5.69. The van der Waals surface area contributed by atoms with Crippen LogP contribution < -0.4 is 10.5 Å². The van der Waals surface area contributed by atoms with Crippen molar-refractivity contribution in [2.24, 2.45) is 5.73 Å². The van der Waals surface area contributed by atoms with E-state index in [0.29, 0.717) is 18.0 Å². The summed E-state index contributed by atoms with van der Waals surface area (Å²) < 4.78 is 27.6. The van der Waals surface area contributed by atoms with E-state index < -0.39 is 10.0 Å². The highest BCUT2D eigenvalue weighted by atomic mass is 32.2. The highest BCUT2D eigenvalue weighted by Gasteiger charge is 2.19. The molecule has 1 saturated heterocycles. The number of hydrogen-bond acceptors (Lipinski definition) is 4. The molecule has 118 valence electrons. The molecule has 1 aromatic rings.